The molecule has 9 nitrogen and oxygen atoms in total. The SMILES string of the molecule is CCCCCn1cc(F)c2cc(-c3ncc(OC)cn3)c(F)cc2c1=O.O=c1[nH]ncc(O)c1C(F)(F)F. The summed E-state index contributed by atoms with van der Waals surface area (Å²) in [6, 6.07) is 2.33. The average Bonchev–Trinajstić information content (AvgIpc) is 2.86. The highest BCUT2D eigenvalue weighted by molar-refractivity contribution is 5.86. The van der Waals surface area contributed by atoms with Crippen molar-refractivity contribution in [2.24, 2.45) is 0 Å². The second-order valence-corrected chi connectivity index (χ2v) is 7.96. The van der Waals surface area contributed by atoms with E-state index >= 15 is 0 Å². The topological polar surface area (TPSA) is 123 Å². The van der Waals surface area contributed by atoms with Gasteiger partial charge in [-0.2, -0.15) is 18.3 Å². The maximum Gasteiger partial charge on any atom is 0.425 e. The number of unbranched alkanes of at least 4 members (excludes halogenated alkanes) is 2. The number of alkyl halides is 3. The zero-order valence-corrected chi connectivity index (χ0v) is 20.1. The van der Waals surface area contributed by atoms with E-state index < -0.39 is 40.2 Å². The number of hydrogen-bond donors (Lipinski definition) is 2. The number of aromatic hydroxyl groups is 1. The number of hydrogen-bond acceptors (Lipinski definition) is 7. The summed E-state index contributed by atoms with van der Waals surface area (Å²) in [6.45, 7) is 2.45. The largest absolute Gasteiger partial charge is 0.505 e. The fraction of sp³-hybridized carbons (Fsp3) is 0.292. The van der Waals surface area contributed by atoms with E-state index in [4.69, 9.17) is 9.84 Å². The summed E-state index contributed by atoms with van der Waals surface area (Å²) in [5.74, 6) is -1.91. The van der Waals surface area contributed by atoms with Gasteiger partial charge in [0, 0.05) is 18.1 Å². The molecule has 14 heteroatoms. The summed E-state index contributed by atoms with van der Waals surface area (Å²) in [5, 5.41) is 13.2. The van der Waals surface area contributed by atoms with Crippen LogP contribution in [0.15, 0.2) is 46.5 Å². The second kappa shape index (κ2) is 11.8. The summed E-state index contributed by atoms with van der Waals surface area (Å²) in [6.07, 6.45) is 2.32. The standard InChI is InChI=1S/C19H19F2N3O2.C5H3F3N2O2/c1-3-4-5-6-24-11-17(21)13-7-15(16(20)8-14(13)19(24)25)18-22-9-12(26-2)10-23-18;6-5(7,8)3-2(11)1-9-10-4(3)12/h7-11H,3-6H2,1-2H3;1H,(H2,10,11,12). The Hall–Kier alpha value is -4.36. The van der Waals surface area contributed by atoms with Crippen molar-refractivity contribution in [3.8, 4) is 22.9 Å². The fourth-order valence-electron chi connectivity index (χ4n) is 3.46. The Morgan fingerprint density at radius 2 is 1.71 bits per heavy atom. The first-order valence-electron chi connectivity index (χ1n) is 11.2. The van der Waals surface area contributed by atoms with Crippen molar-refractivity contribution < 1.29 is 31.8 Å². The molecule has 0 bridgehead atoms. The highest BCUT2D eigenvalue weighted by Crippen LogP contribution is 2.31. The van der Waals surface area contributed by atoms with E-state index in [1.54, 1.807) is 5.10 Å². The zero-order valence-electron chi connectivity index (χ0n) is 20.1. The van der Waals surface area contributed by atoms with Gasteiger partial charge in [-0.3, -0.25) is 9.59 Å². The molecule has 0 amide bonds. The number of nitrogens with zero attached hydrogens (tertiary/aromatic N) is 4. The van der Waals surface area contributed by atoms with Gasteiger partial charge < -0.3 is 14.4 Å². The number of rotatable bonds is 6. The van der Waals surface area contributed by atoms with Crippen LogP contribution in [-0.4, -0.2) is 36.9 Å². The zero-order chi connectivity index (χ0) is 28.0. The summed E-state index contributed by atoms with van der Waals surface area (Å²) < 4.78 is 71.1. The Bertz CT molecular complexity index is 1540. The van der Waals surface area contributed by atoms with Crippen LogP contribution in [0.2, 0.25) is 0 Å². The van der Waals surface area contributed by atoms with Crippen LogP contribution >= 0.6 is 0 Å². The highest BCUT2D eigenvalue weighted by atomic mass is 19.4. The van der Waals surface area contributed by atoms with Gasteiger partial charge in [-0.1, -0.05) is 19.8 Å². The molecule has 0 unspecified atom stereocenters. The Morgan fingerprint density at radius 3 is 2.26 bits per heavy atom. The molecule has 3 heterocycles. The number of pyridine rings is 1. The van der Waals surface area contributed by atoms with Gasteiger partial charge in [0.15, 0.2) is 22.9 Å². The quantitative estimate of drug-likeness (QED) is 0.275. The summed E-state index contributed by atoms with van der Waals surface area (Å²) >= 11 is 0. The number of methoxy groups -OCH3 is 1. The number of halogens is 5. The molecule has 1 aromatic carbocycles. The summed E-state index contributed by atoms with van der Waals surface area (Å²) in [4.78, 5) is 31.1. The number of aromatic nitrogens is 5. The number of fused-ring (bicyclic) bond motifs is 1. The van der Waals surface area contributed by atoms with Crippen molar-refractivity contribution in [3.05, 3.63) is 74.8 Å². The average molecular weight is 539 g/mol. The lowest BCUT2D eigenvalue weighted by Gasteiger charge is -2.10. The molecule has 3 aromatic heterocycles. The highest BCUT2D eigenvalue weighted by Gasteiger charge is 2.37. The molecule has 0 aliphatic heterocycles. The molecule has 0 aliphatic carbocycles. The van der Waals surface area contributed by atoms with Gasteiger partial charge in [-0.05, 0) is 18.6 Å². The first-order chi connectivity index (χ1) is 18.0. The van der Waals surface area contributed by atoms with E-state index in [9.17, 15) is 31.5 Å². The molecule has 0 aliphatic rings. The van der Waals surface area contributed by atoms with Gasteiger partial charge in [0.25, 0.3) is 11.1 Å². The molecule has 4 aromatic rings. The molecule has 4 rings (SSSR count). The maximum atomic E-state index is 14.6. The number of ether oxygens (including phenoxy) is 1. The minimum atomic E-state index is -4.86. The first kappa shape index (κ1) is 28.2. The van der Waals surface area contributed by atoms with Gasteiger partial charge in [0.2, 0.25) is 0 Å². The minimum Gasteiger partial charge on any atom is -0.505 e. The molecule has 0 radical (unpaired) electrons. The Kier molecular flexibility index (Phi) is 8.76. The van der Waals surface area contributed by atoms with Crippen LogP contribution in [0.1, 0.15) is 31.7 Å². The van der Waals surface area contributed by atoms with Crippen molar-refractivity contribution in [3.63, 3.8) is 0 Å². The van der Waals surface area contributed by atoms with Crippen LogP contribution in [0.3, 0.4) is 0 Å². The lowest BCUT2D eigenvalue weighted by molar-refractivity contribution is -0.140. The lowest BCUT2D eigenvalue weighted by atomic mass is 10.1. The molecule has 202 valence electrons. The Morgan fingerprint density at radius 1 is 1.03 bits per heavy atom. The van der Waals surface area contributed by atoms with Gasteiger partial charge in [0.05, 0.1) is 36.7 Å². The molecule has 0 atom stereocenters. The lowest BCUT2D eigenvalue weighted by Crippen LogP contribution is -2.22. The van der Waals surface area contributed by atoms with Crippen molar-refractivity contribution >= 4 is 10.8 Å². The molecule has 0 fully saturated rings. The number of benzene rings is 1. The number of H-pyrrole nitrogens is 1. The Labute approximate surface area is 211 Å². The third-order valence-corrected chi connectivity index (χ3v) is 5.35. The van der Waals surface area contributed by atoms with E-state index in [-0.39, 0.29) is 22.2 Å². The number of aromatic amines is 1. The summed E-state index contributed by atoms with van der Waals surface area (Å²) in [5.41, 5.74) is -3.46. The van der Waals surface area contributed by atoms with Gasteiger partial charge >= 0.3 is 6.18 Å². The molecule has 0 spiro atoms. The van der Waals surface area contributed by atoms with Crippen LogP contribution in [0, 0.1) is 11.6 Å². The molecular weight excluding hydrogens is 517 g/mol. The van der Waals surface area contributed by atoms with Crippen LogP contribution in [0.4, 0.5) is 22.0 Å². The van der Waals surface area contributed by atoms with E-state index in [2.05, 4.69) is 15.1 Å². The summed E-state index contributed by atoms with van der Waals surface area (Å²) in [7, 11) is 1.47. The monoisotopic (exact) mass is 539 g/mol. The smallest absolute Gasteiger partial charge is 0.425 e. The van der Waals surface area contributed by atoms with Crippen LogP contribution in [0.25, 0.3) is 22.2 Å². The number of aryl methyl sites for hydroxylation is 1. The van der Waals surface area contributed by atoms with Crippen LogP contribution in [0.5, 0.6) is 11.5 Å². The second-order valence-electron chi connectivity index (χ2n) is 7.96. The maximum absolute atomic E-state index is 14.6. The Balaban J connectivity index is 0.000000279. The molecular formula is C24H22F5N5O4. The molecule has 38 heavy (non-hydrogen) atoms. The third-order valence-electron chi connectivity index (χ3n) is 5.35. The van der Waals surface area contributed by atoms with Crippen molar-refractivity contribution in [2.75, 3.05) is 7.11 Å². The van der Waals surface area contributed by atoms with Gasteiger partial charge in [-0.25, -0.2) is 23.8 Å². The molecule has 0 saturated heterocycles. The van der Waals surface area contributed by atoms with Gasteiger partial charge in [0.1, 0.15) is 11.6 Å². The van der Waals surface area contributed by atoms with Gasteiger partial charge in [-0.15, -0.1) is 0 Å². The predicted molar refractivity (Wildman–Crippen MR) is 127 cm³/mol. The number of nitrogens with one attached hydrogen (secondary N) is 1. The van der Waals surface area contributed by atoms with E-state index in [0.717, 1.165) is 25.3 Å². The third kappa shape index (κ3) is 6.30. The predicted octanol–water partition coefficient (Wildman–Crippen LogP) is 4.43. The van der Waals surface area contributed by atoms with E-state index in [1.807, 2.05) is 6.92 Å². The molecule has 2 N–H and O–H groups in total. The fourth-order valence-corrected chi connectivity index (χ4v) is 3.46. The first-order valence-corrected chi connectivity index (χ1v) is 11.2. The normalized spacial score (nSPS) is 11.2. The van der Waals surface area contributed by atoms with Crippen LogP contribution < -0.4 is 15.9 Å². The van der Waals surface area contributed by atoms with Crippen molar-refractivity contribution in [2.45, 2.75) is 38.9 Å². The van der Waals surface area contributed by atoms with E-state index in [1.165, 1.54) is 36.3 Å². The molecule has 0 saturated carbocycles. The van der Waals surface area contributed by atoms with Crippen molar-refractivity contribution in [1.29, 1.82) is 0 Å². The minimum absolute atomic E-state index is 0.0104. The van der Waals surface area contributed by atoms with Crippen LogP contribution in [-0.2, 0) is 12.7 Å². The van der Waals surface area contributed by atoms with E-state index in [0.29, 0.717) is 18.5 Å². The van der Waals surface area contributed by atoms with Crippen molar-refractivity contribution in [1.82, 2.24) is 24.7 Å².